The Hall–Kier alpha value is -3.10. The van der Waals surface area contributed by atoms with Gasteiger partial charge in [-0.15, -0.1) is 0 Å². The van der Waals surface area contributed by atoms with E-state index < -0.39 is 29.0 Å². The molecular formula is C14H8F3N3O3. The fraction of sp³-hybridized carbons (Fsp3) is 0.0714. The standard InChI is InChI=1S/C14H8F3N3O3/c15-14(16,17)7-5-8-9(6-10(7)20-3-1-2-4-20)18-11(13(22)23)12(21)19-8/h1-6H,(H,19,21)(H,22,23). The van der Waals surface area contributed by atoms with Crippen LogP contribution in [0.25, 0.3) is 16.7 Å². The molecule has 0 saturated heterocycles. The zero-order valence-electron chi connectivity index (χ0n) is 11.3. The minimum absolute atomic E-state index is 0.0568. The molecule has 0 aliphatic carbocycles. The van der Waals surface area contributed by atoms with Crippen molar-refractivity contribution in [3.8, 4) is 5.69 Å². The topological polar surface area (TPSA) is 88.0 Å². The number of nitrogens with one attached hydrogen (secondary N) is 1. The number of alkyl halides is 3. The van der Waals surface area contributed by atoms with Gasteiger partial charge in [0, 0.05) is 12.4 Å². The molecule has 0 bridgehead atoms. The molecule has 0 amide bonds. The van der Waals surface area contributed by atoms with E-state index in [1.165, 1.54) is 17.0 Å². The molecule has 3 aromatic rings. The molecule has 1 aromatic carbocycles. The lowest BCUT2D eigenvalue weighted by Crippen LogP contribution is -2.20. The van der Waals surface area contributed by atoms with Crippen LogP contribution in [0.4, 0.5) is 13.2 Å². The molecule has 0 saturated carbocycles. The van der Waals surface area contributed by atoms with Crippen LogP contribution in [0.5, 0.6) is 0 Å². The maximum absolute atomic E-state index is 13.3. The number of carboxylic acid groups (broad SMARTS) is 1. The summed E-state index contributed by atoms with van der Waals surface area (Å²) in [5.41, 5.74) is -3.28. The van der Waals surface area contributed by atoms with Crippen LogP contribution in [-0.4, -0.2) is 25.6 Å². The normalized spacial score (nSPS) is 11.8. The van der Waals surface area contributed by atoms with Gasteiger partial charge in [-0.2, -0.15) is 13.2 Å². The van der Waals surface area contributed by atoms with Crippen molar-refractivity contribution in [2.24, 2.45) is 0 Å². The number of halogens is 3. The molecule has 0 aliphatic heterocycles. The summed E-state index contributed by atoms with van der Waals surface area (Å²) >= 11 is 0. The molecule has 0 unspecified atom stereocenters. The van der Waals surface area contributed by atoms with Gasteiger partial charge in [0.25, 0.3) is 5.56 Å². The molecule has 2 heterocycles. The molecule has 0 spiro atoms. The smallest absolute Gasteiger partial charge is 0.418 e. The van der Waals surface area contributed by atoms with Crippen LogP contribution < -0.4 is 5.56 Å². The van der Waals surface area contributed by atoms with E-state index in [0.29, 0.717) is 0 Å². The highest BCUT2D eigenvalue weighted by atomic mass is 19.4. The fourth-order valence-electron chi connectivity index (χ4n) is 2.20. The Morgan fingerprint density at radius 1 is 1.22 bits per heavy atom. The summed E-state index contributed by atoms with van der Waals surface area (Å²) in [6.45, 7) is 0. The second-order valence-corrected chi connectivity index (χ2v) is 4.69. The lowest BCUT2D eigenvalue weighted by Gasteiger charge is -2.15. The van der Waals surface area contributed by atoms with Gasteiger partial charge in [-0.3, -0.25) is 4.79 Å². The second-order valence-electron chi connectivity index (χ2n) is 4.69. The zero-order valence-corrected chi connectivity index (χ0v) is 11.3. The molecule has 0 atom stereocenters. The van der Waals surface area contributed by atoms with Gasteiger partial charge in [0.2, 0.25) is 5.69 Å². The monoisotopic (exact) mass is 323 g/mol. The molecule has 6 nitrogen and oxygen atoms in total. The van der Waals surface area contributed by atoms with Crippen LogP contribution in [0.2, 0.25) is 0 Å². The third-order valence-corrected chi connectivity index (χ3v) is 3.20. The van der Waals surface area contributed by atoms with Crippen molar-refractivity contribution in [1.29, 1.82) is 0 Å². The Morgan fingerprint density at radius 2 is 1.87 bits per heavy atom. The first-order chi connectivity index (χ1) is 10.8. The Bertz CT molecular complexity index is 959. The predicted molar refractivity (Wildman–Crippen MR) is 73.7 cm³/mol. The molecule has 118 valence electrons. The average molecular weight is 323 g/mol. The first-order valence-electron chi connectivity index (χ1n) is 6.29. The lowest BCUT2D eigenvalue weighted by molar-refractivity contribution is -0.137. The van der Waals surface area contributed by atoms with Crippen molar-refractivity contribution >= 4 is 17.0 Å². The van der Waals surface area contributed by atoms with Gasteiger partial charge in [-0.25, -0.2) is 9.78 Å². The number of aromatic amines is 1. The van der Waals surface area contributed by atoms with Crippen LogP contribution in [0.1, 0.15) is 16.1 Å². The third-order valence-electron chi connectivity index (χ3n) is 3.20. The molecule has 0 fully saturated rings. The Balaban J connectivity index is 2.38. The summed E-state index contributed by atoms with van der Waals surface area (Å²) in [7, 11) is 0. The van der Waals surface area contributed by atoms with Gasteiger partial charge < -0.3 is 14.7 Å². The maximum Gasteiger partial charge on any atom is 0.418 e. The largest absolute Gasteiger partial charge is 0.476 e. The van der Waals surface area contributed by atoms with Gasteiger partial charge >= 0.3 is 12.1 Å². The van der Waals surface area contributed by atoms with Crippen molar-refractivity contribution in [2.75, 3.05) is 0 Å². The Kier molecular flexibility index (Phi) is 3.20. The SMILES string of the molecule is O=C(O)c1nc2cc(-n3cccc3)c(C(F)(F)F)cc2[nH]c1=O. The number of benzene rings is 1. The molecule has 3 rings (SSSR count). The van der Waals surface area contributed by atoms with E-state index >= 15 is 0 Å². The fourth-order valence-corrected chi connectivity index (χ4v) is 2.20. The number of aromatic carboxylic acids is 1. The number of carboxylic acids is 1. The number of H-pyrrole nitrogens is 1. The highest BCUT2D eigenvalue weighted by Gasteiger charge is 2.34. The Labute approximate surface area is 125 Å². The van der Waals surface area contributed by atoms with Gasteiger partial charge in [0.1, 0.15) is 0 Å². The number of hydrogen-bond acceptors (Lipinski definition) is 3. The molecule has 2 N–H and O–H groups in total. The van der Waals surface area contributed by atoms with Gasteiger partial charge in [0.05, 0.1) is 22.3 Å². The van der Waals surface area contributed by atoms with Crippen molar-refractivity contribution in [1.82, 2.24) is 14.5 Å². The predicted octanol–water partition coefficient (Wildman–Crippen LogP) is 2.43. The summed E-state index contributed by atoms with van der Waals surface area (Å²) in [5.74, 6) is -1.56. The van der Waals surface area contributed by atoms with E-state index in [1.54, 1.807) is 12.1 Å². The molecule has 9 heteroatoms. The van der Waals surface area contributed by atoms with E-state index in [1.807, 2.05) is 0 Å². The number of aromatic nitrogens is 3. The highest BCUT2D eigenvalue weighted by Crippen LogP contribution is 2.35. The van der Waals surface area contributed by atoms with Crippen LogP contribution in [0, 0.1) is 0 Å². The van der Waals surface area contributed by atoms with Crippen molar-refractivity contribution in [3.05, 3.63) is 58.3 Å². The third kappa shape index (κ3) is 2.56. The highest BCUT2D eigenvalue weighted by molar-refractivity contribution is 5.88. The molecule has 23 heavy (non-hydrogen) atoms. The minimum atomic E-state index is -4.66. The Morgan fingerprint density at radius 3 is 2.43 bits per heavy atom. The number of rotatable bonds is 2. The van der Waals surface area contributed by atoms with Crippen molar-refractivity contribution in [3.63, 3.8) is 0 Å². The molecular weight excluding hydrogens is 315 g/mol. The number of carbonyl (C=O) groups is 1. The maximum atomic E-state index is 13.3. The first-order valence-corrected chi connectivity index (χ1v) is 6.29. The molecule has 0 aliphatic rings. The summed E-state index contributed by atoms with van der Waals surface area (Å²) < 4.78 is 41.0. The van der Waals surface area contributed by atoms with Crippen LogP contribution in [0.3, 0.4) is 0 Å². The summed E-state index contributed by atoms with van der Waals surface area (Å²) in [6.07, 6.45) is -1.82. The van der Waals surface area contributed by atoms with E-state index in [4.69, 9.17) is 5.11 Å². The van der Waals surface area contributed by atoms with E-state index in [0.717, 1.165) is 12.1 Å². The second kappa shape index (κ2) is 4.97. The van der Waals surface area contributed by atoms with E-state index in [9.17, 15) is 22.8 Å². The van der Waals surface area contributed by atoms with E-state index in [-0.39, 0.29) is 16.7 Å². The van der Waals surface area contributed by atoms with Gasteiger partial charge in [0.15, 0.2) is 0 Å². The number of nitrogens with zero attached hydrogens (tertiary/aromatic N) is 2. The average Bonchev–Trinajstić information content (AvgIpc) is 2.98. The van der Waals surface area contributed by atoms with Gasteiger partial charge in [-0.05, 0) is 24.3 Å². The van der Waals surface area contributed by atoms with Crippen LogP contribution in [0.15, 0.2) is 41.5 Å². The molecule has 2 aromatic heterocycles. The summed E-state index contributed by atoms with van der Waals surface area (Å²) in [5, 5.41) is 8.89. The van der Waals surface area contributed by atoms with Crippen molar-refractivity contribution < 1.29 is 23.1 Å². The molecule has 0 radical (unpaired) electrons. The quantitative estimate of drug-likeness (QED) is 0.758. The van der Waals surface area contributed by atoms with Crippen LogP contribution in [-0.2, 0) is 6.18 Å². The number of fused-ring (bicyclic) bond motifs is 1. The van der Waals surface area contributed by atoms with Gasteiger partial charge in [-0.1, -0.05) is 0 Å². The van der Waals surface area contributed by atoms with Crippen molar-refractivity contribution in [2.45, 2.75) is 6.18 Å². The number of hydrogen-bond donors (Lipinski definition) is 2. The van der Waals surface area contributed by atoms with Crippen LogP contribution >= 0.6 is 0 Å². The summed E-state index contributed by atoms with van der Waals surface area (Å²) in [6, 6.07) is 4.92. The zero-order chi connectivity index (χ0) is 16.8. The minimum Gasteiger partial charge on any atom is -0.476 e. The van der Waals surface area contributed by atoms with E-state index in [2.05, 4.69) is 9.97 Å². The lowest BCUT2D eigenvalue weighted by atomic mass is 10.1. The summed E-state index contributed by atoms with van der Waals surface area (Å²) in [4.78, 5) is 28.3. The first kappa shape index (κ1) is 14.8.